The lowest BCUT2D eigenvalue weighted by atomic mass is 10.0. The summed E-state index contributed by atoms with van der Waals surface area (Å²) in [5.74, 6) is 12.6. The number of rotatable bonds is 4. The van der Waals surface area contributed by atoms with Crippen LogP contribution in [0.4, 0.5) is 11.5 Å². The number of nitrogens with one attached hydrogen (secondary N) is 2. The highest BCUT2D eigenvalue weighted by Gasteiger charge is 2.34. The van der Waals surface area contributed by atoms with E-state index in [0.717, 1.165) is 29.8 Å². The number of nitrogens with zero attached hydrogens (tertiary/aromatic N) is 7. The molecule has 3 aromatic rings. The molecule has 4 heterocycles. The minimum Gasteiger partial charge on any atom is -0.378 e. The molecule has 0 saturated carbocycles. The van der Waals surface area contributed by atoms with Crippen molar-refractivity contribution in [2.45, 2.75) is 33.7 Å². The van der Waals surface area contributed by atoms with Gasteiger partial charge in [0.2, 0.25) is 5.96 Å². The van der Waals surface area contributed by atoms with Gasteiger partial charge in [-0.15, -0.1) is 5.10 Å². The van der Waals surface area contributed by atoms with Crippen LogP contribution in [0.25, 0.3) is 22.3 Å². The Hall–Kier alpha value is -4.23. The number of allylic oxidation sites excluding steroid dienone is 1. The Labute approximate surface area is 221 Å². The van der Waals surface area contributed by atoms with Crippen molar-refractivity contribution >= 4 is 34.3 Å². The monoisotopic (exact) mass is 521 g/mol. The molecule has 202 valence electrons. The van der Waals surface area contributed by atoms with Crippen LogP contribution in [-0.4, -0.2) is 81.3 Å². The number of hydrogen-bond donors (Lipinski definition) is 4. The Bertz CT molecular complexity index is 1360. The van der Waals surface area contributed by atoms with Crippen molar-refractivity contribution in [2.24, 2.45) is 16.8 Å². The number of carbonyl (C=O) groups excluding carboxylic acids is 1. The summed E-state index contributed by atoms with van der Waals surface area (Å²) in [4.78, 5) is 26.0. The molecule has 0 unspecified atom stereocenters. The third kappa shape index (κ3) is 4.97. The zero-order chi connectivity index (χ0) is 27.4. The molecule has 38 heavy (non-hydrogen) atoms. The maximum absolute atomic E-state index is 13.3. The normalized spacial score (nSPS) is 19.1. The number of carbonyl (C=O) groups is 1. The van der Waals surface area contributed by atoms with Crippen molar-refractivity contribution in [1.82, 2.24) is 30.1 Å². The highest BCUT2D eigenvalue weighted by atomic mass is 16.5. The smallest absolute Gasteiger partial charge is 0.255 e. The summed E-state index contributed by atoms with van der Waals surface area (Å²) in [5, 5.41) is 16.5. The first-order valence-corrected chi connectivity index (χ1v) is 12.6. The van der Waals surface area contributed by atoms with Crippen molar-refractivity contribution < 1.29 is 9.53 Å². The molecule has 2 aliphatic heterocycles. The summed E-state index contributed by atoms with van der Waals surface area (Å²) in [6.07, 6.45) is 1.54. The molecule has 0 bridgehead atoms. The third-order valence-corrected chi connectivity index (χ3v) is 6.67. The van der Waals surface area contributed by atoms with Crippen molar-refractivity contribution in [3.05, 3.63) is 41.9 Å². The number of benzene rings is 1. The van der Waals surface area contributed by atoms with Gasteiger partial charge in [-0.1, -0.05) is 13.8 Å². The van der Waals surface area contributed by atoms with Gasteiger partial charge in [0.05, 0.1) is 36.0 Å². The molecule has 5 rings (SSSR count). The van der Waals surface area contributed by atoms with E-state index in [2.05, 4.69) is 35.5 Å². The first-order valence-electron chi connectivity index (χ1n) is 12.6. The number of hydrazone groups is 1. The summed E-state index contributed by atoms with van der Waals surface area (Å²) in [6.45, 7) is 10.5. The average Bonchev–Trinajstić information content (AvgIpc) is 3.37. The number of aromatic amines is 1. The minimum atomic E-state index is -0.420. The Kier molecular flexibility index (Phi) is 8.08. The number of aromatic nitrogens is 4. The van der Waals surface area contributed by atoms with E-state index in [0.29, 0.717) is 47.5 Å². The van der Waals surface area contributed by atoms with E-state index in [1.165, 1.54) is 5.01 Å². The summed E-state index contributed by atoms with van der Waals surface area (Å²) in [6, 6.07) is 7.07. The first-order chi connectivity index (χ1) is 18.4. The molecule has 1 aromatic carbocycles. The van der Waals surface area contributed by atoms with Crippen LogP contribution in [0.3, 0.4) is 0 Å². The molecule has 1 fully saturated rings. The van der Waals surface area contributed by atoms with Crippen LogP contribution in [-0.2, 0) is 9.53 Å². The van der Waals surface area contributed by atoms with Gasteiger partial charge in [-0.3, -0.25) is 14.9 Å². The minimum absolute atomic E-state index is 0.264. The van der Waals surface area contributed by atoms with Crippen molar-refractivity contribution in [3.63, 3.8) is 0 Å². The van der Waals surface area contributed by atoms with E-state index in [1.807, 2.05) is 52.0 Å². The maximum Gasteiger partial charge on any atom is 0.255 e. The summed E-state index contributed by atoms with van der Waals surface area (Å²) >= 11 is 0. The quantitative estimate of drug-likeness (QED) is 0.294. The average molecular weight is 522 g/mol. The Balaban J connectivity index is 0.00000164. The molecule has 0 aliphatic carbocycles. The number of ether oxygens (including phenoxy) is 1. The van der Waals surface area contributed by atoms with Gasteiger partial charge in [-0.2, -0.15) is 5.10 Å². The topological polar surface area (TPSA) is 167 Å². The van der Waals surface area contributed by atoms with Gasteiger partial charge in [-0.25, -0.2) is 15.8 Å². The van der Waals surface area contributed by atoms with Crippen LogP contribution >= 0.6 is 0 Å². The van der Waals surface area contributed by atoms with E-state index < -0.39 is 6.04 Å². The van der Waals surface area contributed by atoms with Gasteiger partial charge in [-0.05, 0) is 32.0 Å². The van der Waals surface area contributed by atoms with Gasteiger partial charge in [0.1, 0.15) is 17.8 Å². The largest absolute Gasteiger partial charge is 0.378 e. The highest BCUT2D eigenvalue weighted by Crippen LogP contribution is 2.30. The molecule has 2 aliphatic rings. The number of fused-ring (bicyclic) bond motifs is 1. The molecule has 2 aromatic heterocycles. The fourth-order valence-electron chi connectivity index (χ4n) is 4.55. The number of amides is 1. The van der Waals surface area contributed by atoms with Crippen LogP contribution in [0, 0.1) is 0 Å². The number of hydrogen-bond acceptors (Lipinski definition) is 9. The lowest BCUT2D eigenvalue weighted by Crippen LogP contribution is -2.57. The van der Waals surface area contributed by atoms with Crippen LogP contribution in [0.2, 0.25) is 0 Å². The number of nitrogens with two attached hydrogens (primary N) is 2. The van der Waals surface area contributed by atoms with Crippen molar-refractivity contribution in [2.75, 3.05) is 43.6 Å². The van der Waals surface area contributed by atoms with Crippen molar-refractivity contribution in [1.29, 1.82) is 0 Å². The van der Waals surface area contributed by atoms with Gasteiger partial charge < -0.3 is 25.7 Å². The van der Waals surface area contributed by atoms with E-state index in [-0.39, 0.29) is 5.91 Å². The molecule has 0 radical (unpaired) electrons. The van der Waals surface area contributed by atoms with E-state index in [1.54, 1.807) is 18.3 Å². The van der Waals surface area contributed by atoms with E-state index >= 15 is 0 Å². The number of anilines is 2. The maximum atomic E-state index is 13.3. The zero-order valence-electron chi connectivity index (χ0n) is 22.4. The molecule has 1 saturated heterocycles. The Morgan fingerprint density at radius 1 is 1.21 bits per heavy atom. The summed E-state index contributed by atoms with van der Waals surface area (Å²) in [5.41, 5.74) is 4.05. The van der Waals surface area contributed by atoms with E-state index in [4.69, 9.17) is 16.4 Å². The molecule has 1 amide bonds. The van der Waals surface area contributed by atoms with Gasteiger partial charge in [0, 0.05) is 43.0 Å². The molecule has 0 spiro atoms. The van der Waals surface area contributed by atoms with Crippen molar-refractivity contribution in [3.8, 4) is 11.4 Å². The number of hydrazine groups is 1. The lowest BCUT2D eigenvalue weighted by molar-refractivity contribution is -0.113. The first kappa shape index (κ1) is 26.8. The SMILES string of the molecule is CC.CC1=C(C(=O)Nc2ccc3[nH]nc(-c4cc(N5CCOCC5)ncn4)c3c2)[C@@H](C)N(N)/C(=N\N)N1C. The van der Waals surface area contributed by atoms with Crippen LogP contribution < -0.4 is 21.9 Å². The molecular formula is C25H35N11O2. The molecule has 1 atom stereocenters. The lowest BCUT2D eigenvalue weighted by Gasteiger charge is -2.39. The summed E-state index contributed by atoms with van der Waals surface area (Å²) < 4.78 is 5.44. The third-order valence-electron chi connectivity index (χ3n) is 6.67. The van der Waals surface area contributed by atoms with Gasteiger partial charge in [0.25, 0.3) is 5.91 Å². The molecular weight excluding hydrogens is 486 g/mol. The summed E-state index contributed by atoms with van der Waals surface area (Å²) in [7, 11) is 1.76. The van der Waals surface area contributed by atoms with Gasteiger partial charge in [0.15, 0.2) is 0 Å². The standard InChI is InChI=1S/C23H29N11O2.C2H6/c1-13-20(14(2)34(25)23(29-24)32(13)3)22(35)28-15-4-5-17-16(10-15)21(31-30-17)18-11-19(27-12-26-18)33-6-8-36-9-7-33;1-2/h4-5,10-12,14H,6-9,24-25H2,1-3H3,(H,28,35)(H,30,31);1-2H3/b29-23-;/t14-;/m1./s1. The molecule has 13 nitrogen and oxygen atoms in total. The van der Waals surface area contributed by atoms with Crippen LogP contribution in [0.1, 0.15) is 27.7 Å². The predicted molar refractivity (Wildman–Crippen MR) is 148 cm³/mol. The van der Waals surface area contributed by atoms with E-state index in [9.17, 15) is 4.79 Å². The van der Waals surface area contributed by atoms with Crippen LogP contribution in [0.15, 0.2) is 47.0 Å². The zero-order valence-corrected chi connectivity index (χ0v) is 22.4. The second kappa shape index (κ2) is 11.4. The second-order valence-corrected chi connectivity index (χ2v) is 8.72. The fraction of sp³-hybridized carbons (Fsp3) is 0.400. The fourth-order valence-corrected chi connectivity index (χ4v) is 4.55. The van der Waals surface area contributed by atoms with Crippen LogP contribution in [0.5, 0.6) is 0 Å². The molecule has 13 heteroatoms. The number of guanidine groups is 1. The predicted octanol–water partition coefficient (Wildman–Crippen LogP) is 1.83. The second-order valence-electron chi connectivity index (χ2n) is 8.72. The molecule has 6 N–H and O–H groups in total. The number of H-pyrrole nitrogens is 1. The Morgan fingerprint density at radius 3 is 2.66 bits per heavy atom. The number of morpholine rings is 1. The highest BCUT2D eigenvalue weighted by molar-refractivity contribution is 6.08. The van der Waals surface area contributed by atoms with Gasteiger partial charge >= 0.3 is 0 Å². The Morgan fingerprint density at radius 2 is 1.95 bits per heavy atom.